The van der Waals surface area contributed by atoms with Gasteiger partial charge in [0.1, 0.15) is 17.1 Å². The number of rotatable bonds is 7. The molecule has 0 unspecified atom stereocenters. The highest BCUT2D eigenvalue weighted by Crippen LogP contribution is 2.42. The van der Waals surface area contributed by atoms with Crippen LogP contribution in [-0.2, 0) is 0 Å². The highest BCUT2D eigenvalue weighted by Gasteiger charge is 2.21. The Morgan fingerprint density at radius 1 is 0.977 bits per heavy atom. The summed E-state index contributed by atoms with van der Waals surface area (Å²) in [6.07, 6.45) is 6.90. The third-order valence-electron chi connectivity index (χ3n) is 7.05. The van der Waals surface area contributed by atoms with Gasteiger partial charge in [-0.05, 0) is 60.7 Å². The van der Waals surface area contributed by atoms with Crippen LogP contribution in [0.1, 0.15) is 10.4 Å². The Bertz CT molecular complexity index is 2190. The lowest BCUT2D eigenvalue weighted by Gasteiger charge is -2.14. The van der Waals surface area contributed by atoms with Crippen molar-refractivity contribution in [2.24, 2.45) is 0 Å². The van der Waals surface area contributed by atoms with Crippen LogP contribution in [0, 0.1) is 11.6 Å². The van der Waals surface area contributed by atoms with E-state index in [1.807, 2.05) is 12.3 Å². The zero-order chi connectivity index (χ0) is 29.7. The van der Waals surface area contributed by atoms with Crippen molar-refractivity contribution in [2.45, 2.75) is 0 Å². The van der Waals surface area contributed by atoms with Gasteiger partial charge in [-0.2, -0.15) is 10.2 Å². The number of halogens is 2. The number of benzene rings is 3. The number of aromatic nitrogens is 5. The van der Waals surface area contributed by atoms with Crippen LogP contribution in [0.25, 0.3) is 33.1 Å². The number of methoxy groups -OCH3 is 1. The third kappa shape index (κ3) is 4.41. The van der Waals surface area contributed by atoms with Gasteiger partial charge in [-0.25, -0.2) is 17.9 Å². The van der Waals surface area contributed by atoms with Gasteiger partial charge in [0.05, 0.1) is 30.7 Å². The number of hydrogen-bond acceptors (Lipinski definition) is 6. The standard InChI is InChI=1S/C31H20F2N6O4/c1-42-27-9-7-23(31(41)39(27)21-5-2-19(32)3-6-21)30(40)37-20-4-8-25(24(33)13-20)43-26-12-17-16-36-38-11-10-22(29(17)38)28(26)18-14-34-35-15-18/h2-16H,1H3,(H,34,35)(H,37,40). The van der Waals surface area contributed by atoms with Gasteiger partial charge in [0.2, 0.25) is 5.88 Å². The predicted octanol–water partition coefficient (Wildman–Crippen LogP) is 5.80. The first-order valence-electron chi connectivity index (χ1n) is 13.0. The molecule has 0 saturated carbocycles. The van der Waals surface area contributed by atoms with Crippen molar-refractivity contribution >= 4 is 27.9 Å². The Morgan fingerprint density at radius 3 is 2.56 bits per heavy atom. The summed E-state index contributed by atoms with van der Waals surface area (Å²) >= 11 is 0. The fraction of sp³-hybridized carbons (Fsp3) is 0.0323. The van der Waals surface area contributed by atoms with Crippen LogP contribution in [0.15, 0.2) is 96.3 Å². The summed E-state index contributed by atoms with van der Waals surface area (Å²) < 4.78 is 43.1. The number of amides is 1. The molecule has 10 nitrogen and oxygen atoms in total. The van der Waals surface area contributed by atoms with E-state index in [-0.39, 0.29) is 22.9 Å². The molecule has 4 heterocycles. The molecule has 0 atom stereocenters. The van der Waals surface area contributed by atoms with E-state index in [1.54, 1.807) is 29.2 Å². The number of aromatic amines is 1. The molecule has 4 aromatic heterocycles. The van der Waals surface area contributed by atoms with E-state index in [0.29, 0.717) is 17.0 Å². The lowest BCUT2D eigenvalue weighted by molar-refractivity contribution is 0.102. The van der Waals surface area contributed by atoms with Gasteiger partial charge in [-0.15, -0.1) is 0 Å². The van der Waals surface area contributed by atoms with Crippen molar-refractivity contribution in [1.29, 1.82) is 0 Å². The maximum Gasteiger partial charge on any atom is 0.270 e. The summed E-state index contributed by atoms with van der Waals surface area (Å²) in [5.74, 6) is -1.52. The Kier molecular flexibility index (Phi) is 6.08. The Balaban J connectivity index is 1.19. The molecule has 3 aromatic carbocycles. The molecule has 1 amide bonds. The van der Waals surface area contributed by atoms with E-state index >= 15 is 4.39 Å². The van der Waals surface area contributed by atoms with Gasteiger partial charge in [-0.3, -0.25) is 14.7 Å². The van der Waals surface area contributed by atoms with Gasteiger partial charge < -0.3 is 14.8 Å². The number of nitrogens with one attached hydrogen (secondary N) is 2. The fourth-order valence-electron chi connectivity index (χ4n) is 5.08. The first-order valence-corrected chi connectivity index (χ1v) is 13.0. The van der Waals surface area contributed by atoms with Gasteiger partial charge in [0.25, 0.3) is 11.5 Å². The van der Waals surface area contributed by atoms with Crippen LogP contribution in [0.5, 0.6) is 17.4 Å². The molecule has 0 aliphatic rings. The van der Waals surface area contributed by atoms with Gasteiger partial charge in [0, 0.05) is 46.0 Å². The predicted molar refractivity (Wildman–Crippen MR) is 154 cm³/mol. The fourth-order valence-corrected chi connectivity index (χ4v) is 5.08. The smallest absolute Gasteiger partial charge is 0.270 e. The largest absolute Gasteiger partial charge is 0.482 e. The summed E-state index contributed by atoms with van der Waals surface area (Å²) in [4.78, 5) is 26.4. The minimum absolute atomic E-state index is 0.0771. The zero-order valence-electron chi connectivity index (χ0n) is 22.3. The second-order valence-electron chi connectivity index (χ2n) is 9.60. The average Bonchev–Trinajstić information content (AvgIpc) is 3.77. The van der Waals surface area contributed by atoms with Crippen LogP contribution in [0.3, 0.4) is 0 Å². The van der Waals surface area contributed by atoms with E-state index in [0.717, 1.165) is 32.5 Å². The normalized spacial score (nSPS) is 11.3. The molecule has 2 N–H and O–H groups in total. The topological polar surface area (TPSA) is 116 Å². The van der Waals surface area contributed by atoms with Crippen LogP contribution >= 0.6 is 0 Å². The Morgan fingerprint density at radius 2 is 1.81 bits per heavy atom. The molecular weight excluding hydrogens is 558 g/mol. The molecule has 12 heteroatoms. The van der Waals surface area contributed by atoms with Crippen molar-refractivity contribution in [3.05, 3.63) is 119 Å². The van der Waals surface area contributed by atoms with Crippen LogP contribution < -0.4 is 20.3 Å². The summed E-state index contributed by atoms with van der Waals surface area (Å²) in [6.45, 7) is 0. The highest BCUT2D eigenvalue weighted by molar-refractivity contribution is 6.07. The van der Waals surface area contributed by atoms with Crippen LogP contribution in [0.2, 0.25) is 0 Å². The van der Waals surface area contributed by atoms with Crippen molar-refractivity contribution in [3.63, 3.8) is 0 Å². The monoisotopic (exact) mass is 578 g/mol. The quantitative estimate of drug-likeness (QED) is 0.247. The second kappa shape index (κ2) is 10.1. The van der Waals surface area contributed by atoms with E-state index in [9.17, 15) is 14.0 Å². The number of hydrogen-bond donors (Lipinski definition) is 2. The summed E-state index contributed by atoms with van der Waals surface area (Å²) in [7, 11) is 1.37. The van der Waals surface area contributed by atoms with E-state index in [1.165, 1.54) is 55.6 Å². The minimum Gasteiger partial charge on any atom is -0.482 e. The summed E-state index contributed by atoms with van der Waals surface area (Å²) in [5, 5.41) is 15.4. The van der Waals surface area contributed by atoms with Crippen molar-refractivity contribution < 1.29 is 23.0 Å². The molecular formula is C31H20F2N6O4. The van der Waals surface area contributed by atoms with Gasteiger partial charge >= 0.3 is 0 Å². The molecule has 43 heavy (non-hydrogen) atoms. The molecule has 0 aliphatic heterocycles. The zero-order valence-corrected chi connectivity index (χ0v) is 22.3. The number of ether oxygens (including phenoxy) is 2. The number of anilines is 1. The molecule has 7 aromatic rings. The molecule has 212 valence electrons. The maximum absolute atomic E-state index is 15.4. The molecule has 0 spiro atoms. The number of carbonyl (C=O) groups excluding carboxylic acids is 1. The SMILES string of the molecule is COc1ccc(C(=O)Nc2ccc(Oc3cc4cnn5ccc(c3-c3cn[nH]c3)c45)c(F)c2)c(=O)n1-c1ccc(F)cc1. The molecule has 7 rings (SSSR count). The number of H-pyrrole nitrogens is 1. The molecule has 0 bridgehead atoms. The van der Waals surface area contributed by atoms with Crippen LogP contribution in [-0.4, -0.2) is 37.4 Å². The van der Waals surface area contributed by atoms with Crippen LogP contribution in [0.4, 0.5) is 14.5 Å². The number of nitrogens with zero attached hydrogens (tertiary/aromatic N) is 4. The molecule has 0 fully saturated rings. The Labute approximate surface area is 241 Å². The number of carbonyl (C=O) groups is 1. The summed E-state index contributed by atoms with van der Waals surface area (Å²) in [5.41, 5.74) is 1.85. The molecule has 0 radical (unpaired) electrons. The third-order valence-corrected chi connectivity index (χ3v) is 7.05. The van der Waals surface area contributed by atoms with E-state index < -0.39 is 23.1 Å². The maximum atomic E-state index is 15.4. The number of pyridine rings is 1. The second-order valence-corrected chi connectivity index (χ2v) is 9.60. The Hall–Kier alpha value is -6.04. The van der Waals surface area contributed by atoms with Gasteiger partial charge in [-0.1, -0.05) is 0 Å². The molecule has 0 aliphatic carbocycles. The first-order chi connectivity index (χ1) is 20.9. The van der Waals surface area contributed by atoms with E-state index in [4.69, 9.17) is 9.47 Å². The molecule has 0 saturated heterocycles. The van der Waals surface area contributed by atoms with Crippen molar-refractivity contribution in [3.8, 4) is 34.2 Å². The van der Waals surface area contributed by atoms with Crippen molar-refractivity contribution in [2.75, 3.05) is 12.4 Å². The lowest BCUT2D eigenvalue weighted by Crippen LogP contribution is -2.29. The first kappa shape index (κ1) is 25.9. The van der Waals surface area contributed by atoms with Crippen molar-refractivity contribution in [1.82, 2.24) is 24.4 Å². The average molecular weight is 579 g/mol. The van der Waals surface area contributed by atoms with Gasteiger partial charge in [0.15, 0.2) is 11.6 Å². The summed E-state index contributed by atoms with van der Waals surface area (Å²) in [6, 6.07) is 15.5. The van der Waals surface area contributed by atoms with E-state index in [2.05, 4.69) is 20.6 Å². The minimum atomic E-state index is -0.767. The lowest BCUT2D eigenvalue weighted by atomic mass is 10.0. The highest BCUT2D eigenvalue weighted by atomic mass is 19.1.